The molecule has 0 aliphatic heterocycles. The van der Waals surface area contributed by atoms with Crippen LogP contribution < -0.4 is 0 Å². The molecule has 0 atom stereocenters. The molecule has 0 nitrogen and oxygen atoms in total. The molecule has 1 aliphatic carbocycles. The van der Waals surface area contributed by atoms with Gasteiger partial charge in [-0.05, 0) is 31.2 Å². The summed E-state index contributed by atoms with van der Waals surface area (Å²) in [5.74, 6) is 0.845. The van der Waals surface area contributed by atoms with E-state index < -0.39 is 0 Å². The van der Waals surface area contributed by atoms with Crippen molar-refractivity contribution in [2.75, 3.05) is 0 Å². The zero-order chi connectivity index (χ0) is 9.80. The van der Waals surface area contributed by atoms with Gasteiger partial charge in [-0.15, -0.1) is 0 Å². The Bertz CT molecular complexity index is 285. The first-order chi connectivity index (χ1) is 6.86. The van der Waals surface area contributed by atoms with Crippen LogP contribution in [0.3, 0.4) is 0 Å². The largest absolute Gasteiger partial charge is 0.0617 e. The number of rotatable bonds is 1. The van der Waals surface area contributed by atoms with Crippen molar-refractivity contribution in [2.45, 2.75) is 51.4 Å². The van der Waals surface area contributed by atoms with Crippen molar-refractivity contribution in [3.63, 3.8) is 0 Å². The summed E-state index contributed by atoms with van der Waals surface area (Å²) in [7, 11) is 0. The van der Waals surface area contributed by atoms with Crippen LogP contribution in [0.1, 0.15) is 57.0 Å². The minimum absolute atomic E-state index is 0. The molecule has 1 fully saturated rings. The summed E-state index contributed by atoms with van der Waals surface area (Å²) in [5.41, 5.74) is 2.98. The van der Waals surface area contributed by atoms with Crippen molar-refractivity contribution in [2.24, 2.45) is 0 Å². The normalized spacial score (nSPS) is 19.2. The Labute approximate surface area is 88.8 Å². The van der Waals surface area contributed by atoms with E-state index in [1.54, 1.807) is 5.56 Å². The third-order valence-electron chi connectivity index (χ3n) is 3.37. The van der Waals surface area contributed by atoms with E-state index in [9.17, 15) is 0 Å². The molecule has 1 aliphatic rings. The van der Waals surface area contributed by atoms with E-state index in [-0.39, 0.29) is 1.43 Å². The molecule has 0 heteroatoms. The Morgan fingerprint density at radius 1 is 1.07 bits per heavy atom. The van der Waals surface area contributed by atoms with Crippen LogP contribution in [0, 0.1) is 6.92 Å². The molecule has 0 radical (unpaired) electrons. The van der Waals surface area contributed by atoms with E-state index >= 15 is 0 Å². The van der Waals surface area contributed by atoms with Crippen molar-refractivity contribution in [3.8, 4) is 0 Å². The molecule has 0 saturated heterocycles. The SMILES string of the molecule is Cc1cccc(C2CCCCCC2)c1.[HH]. The van der Waals surface area contributed by atoms with Crippen LogP contribution in [0.15, 0.2) is 24.3 Å². The molecule has 0 spiro atoms. The highest BCUT2D eigenvalue weighted by Crippen LogP contribution is 2.31. The highest BCUT2D eigenvalue weighted by molar-refractivity contribution is 5.25. The molecule has 0 N–H and O–H groups in total. The molecule has 0 aromatic heterocycles. The molecule has 0 unspecified atom stereocenters. The first kappa shape index (κ1) is 9.76. The highest BCUT2D eigenvalue weighted by atomic mass is 14.2. The molecule has 2 rings (SSSR count). The summed E-state index contributed by atoms with van der Waals surface area (Å²) in [6, 6.07) is 9.08. The number of hydrogen-bond acceptors (Lipinski definition) is 0. The van der Waals surface area contributed by atoms with Gasteiger partial charge in [-0.2, -0.15) is 0 Å². The lowest BCUT2D eigenvalue weighted by Crippen LogP contribution is -1.97. The van der Waals surface area contributed by atoms with Crippen LogP contribution in [0.4, 0.5) is 0 Å². The van der Waals surface area contributed by atoms with E-state index in [0.29, 0.717) is 0 Å². The van der Waals surface area contributed by atoms with Crippen LogP contribution in [0.2, 0.25) is 0 Å². The van der Waals surface area contributed by atoms with E-state index in [1.807, 2.05) is 0 Å². The summed E-state index contributed by atoms with van der Waals surface area (Å²) in [5, 5.41) is 0. The fourth-order valence-electron chi connectivity index (χ4n) is 2.54. The maximum absolute atomic E-state index is 2.37. The third-order valence-corrected chi connectivity index (χ3v) is 3.37. The maximum atomic E-state index is 2.37. The molecule has 0 amide bonds. The lowest BCUT2D eigenvalue weighted by molar-refractivity contribution is 0.592. The fourth-order valence-corrected chi connectivity index (χ4v) is 2.54. The van der Waals surface area contributed by atoms with Gasteiger partial charge < -0.3 is 0 Å². The molecule has 78 valence electrons. The Hall–Kier alpha value is -0.780. The van der Waals surface area contributed by atoms with Gasteiger partial charge in [-0.3, -0.25) is 0 Å². The van der Waals surface area contributed by atoms with E-state index in [2.05, 4.69) is 31.2 Å². The number of benzene rings is 1. The predicted molar refractivity (Wildman–Crippen MR) is 63.7 cm³/mol. The molecule has 1 saturated carbocycles. The van der Waals surface area contributed by atoms with Crippen LogP contribution in [0.25, 0.3) is 0 Å². The molecule has 0 heterocycles. The quantitative estimate of drug-likeness (QED) is 0.564. The van der Waals surface area contributed by atoms with Gasteiger partial charge in [0.15, 0.2) is 0 Å². The predicted octanol–water partition coefficient (Wildman–Crippen LogP) is 4.68. The number of hydrogen-bond donors (Lipinski definition) is 0. The van der Waals surface area contributed by atoms with Crippen LogP contribution in [-0.4, -0.2) is 0 Å². The van der Waals surface area contributed by atoms with Crippen LogP contribution >= 0.6 is 0 Å². The first-order valence-electron chi connectivity index (χ1n) is 5.93. The molecule has 14 heavy (non-hydrogen) atoms. The minimum Gasteiger partial charge on any atom is -0.0617 e. The van der Waals surface area contributed by atoms with Gasteiger partial charge in [0.2, 0.25) is 0 Å². The van der Waals surface area contributed by atoms with Crippen molar-refractivity contribution >= 4 is 0 Å². The van der Waals surface area contributed by atoms with Gasteiger partial charge in [0.25, 0.3) is 0 Å². The Kier molecular flexibility index (Phi) is 3.23. The molecular weight excluding hydrogens is 168 g/mol. The number of aryl methyl sites for hydroxylation is 1. The van der Waals surface area contributed by atoms with E-state index in [1.165, 1.54) is 44.1 Å². The average Bonchev–Trinajstić information content (AvgIpc) is 2.45. The van der Waals surface area contributed by atoms with E-state index in [0.717, 1.165) is 5.92 Å². The Morgan fingerprint density at radius 3 is 2.43 bits per heavy atom. The van der Waals surface area contributed by atoms with Crippen molar-refractivity contribution < 1.29 is 1.43 Å². The topological polar surface area (TPSA) is 0 Å². The summed E-state index contributed by atoms with van der Waals surface area (Å²) >= 11 is 0. The zero-order valence-electron chi connectivity index (χ0n) is 9.13. The van der Waals surface area contributed by atoms with Crippen molar-refractivity contribution in [1.29, 1.82) is 0 Å². The minimum atomic E-state index is 0. The second-order valence-corrected chi connectivity index (χ2v) is 4.60. The molecule has 0 bridgehead atoms. The monoisotopic (exact) mass is 190 g/mol. The smallest absolute Gasteiger partial charge is 0 e. The third kappa shape index (κ3) is 2.37. The summed E-state index contributed by atoms with van der Waals surface area (Å²) in [6.45, 7) is 2.19. The van der Waals surface area contributed by atoms with Gasteiger partial charge in [0, 0.05) is 1.43 Å². The van der Waals surface area contributed by atoms with Gasteiger partial charge in [-0.1, -0.05) is 55.5 Å². The van der Waals surface area contributed by atoms with Gasteiger partial charge in [0.1, 0.15) is 0 Å². The Morgan fingerprint density at radius 2 is 1.79 bits per heavy atom. The average molecular weight is 190 g/mol. The van der Waals surface area contributed by atoms with Crippen molar-refractivity contribution in [3.05, 3.63) is 35.4 Å². The Balaban J connectivity index is 0.00000112. The summed E-state index contributed by atoms with van der Waals surface area (Å²) < 4.78 is 0. The standard InChI is InChI=1S/C14H20.H2/c1-12-7-6-10-14(11-12)13-8-4-2-3-5-9-13;/h6-7,10-11,13H,2-5,8-9H2,1H3;1H. The zero-order valence-corrected chi connectivity index (χ0v) is 9.13. The molecule has 1 aromatic carbocycles. The molecular formula is C14H22. The fraction of sp³-hybridized carbons (Fsp3) is 0.571. The summed E-state index contributed by atoms with van der Waals surface area (Å²) in [4.78, 5) is 0. The van der Waals surface area contributed by atoms with Crippen LogP contribution in [0.5, 0.6) is 0 Å². The summed E-state index contributed by atoms with van der Waals surface area (Å²) in [6.07, 6.45) is 8.56. The van der Waals surface area contributed by atoms with Gasteiger partial charge >= 0.3 is 0 Å². The van der Waals surface area contributed by atoms with Gasteiger partial charge in [-0.25, -0.2) is 0 Å². The lowest BCUT2D eigenvalue weighted by atomic mass is 9.91. The van der Waals surface area contributed by atoms with E-state index in [4.69, 9.17) is 0 Å². The van der Waals surface area contributed by atoms with Crippen LogP contribution in [-0.2, 0) is 0 Å². The lowest BCUT2D eigenvalue weighted by Gasteiger charge is -2.14. The molecule has 1 aromatic rings. The first-order valence-corrected chi connectivity index (χ1v) is 5.93. The van der Waals surface area contributed by atoms with Gasteiger partial charge in [0.05, 0.1) is 0 Å². The second kappa shape index (κ2) is 4.63. The highest BCUT2D eigenvalue weighted by Gasteiger charge is 2.13. The van der Waals surface area contributed by atoms with Crippen molar-refractivity contribution in [1.82, 2.24) is 0 Å². The second-order valence-electron chi connectivity index (χ2n) is 4.60. The maximum Gasteiger partial charge on any atom is 0 e.